The number of carboxylic acid groups (broad SMARTS) is 1. The number of hydrogen-bond donors (Lipinski definition) is 1. The van der Waals surface area contributed by atoms with E-state index in [1.165, 1.54) is 0 Å². The number of rotatable bonds is 3. The molecule has 0 radical (unpaired) electrons. The molecule has 1 unspecified atom stereocenters. The highest BCUT2D eigenvalue weighted by Crippen LogP contribution is 2.14. The van der Waals surface area contributed by atoms with Gasteiger partial charge in [-0.25, -0.2) is 9.37 Å². The van der Waals surface area contributed by atoms with Crippen LogP contribution in [-0.4, -0.2) is 27.2 Å². The van der Waals surface area contributed by atoms with Gasteiger partial charge in [0, 0.05) is 11.8 Å². The fourth-order valence-corrected chi connectivity index (χ4v) is 1.04. The molecular formula is C8H4Cl2FNO3. The van der Waals surface area contributed by atoms with Gasteiger partial charge in [0.15, 0.2) is 22.1 Å². The third-order valence-corrected chi connectivity index (χ3v) is 2.19. The van der Waals surface area contributed by atoms with Crippen molar-refractivity contribution in [1.82, 2.24) is 4.98 Å². The van der Waals surface area contributed by atoms with Crippen LogP contribution in [0.15, 0.2) is 12.3 Å². The summed E-state index contributed by atoms with van der Waals surface area (Å²) < 4.78 is 12.9. The quantitative estimate of drug-likeness (QED) is 0.385. The minimum absolute atomic E-state index is 0.237. The van der Waals surface area contributed by atoms with E-state index in [-0.39, 0.29) is 5.56 Å². The van der Waals surface area contributed by atoms with E-state index in [1.54, 1.807) is 0 Å². The maximum atomic E-state index is 12.9. The molecule has 0 aliphatic carbocycles. The van der Waals surface area contributed by atoms with Crippen molar-refractivity contribution < 1.29 is 19.1 Å². The standard InChI is InChI=1S/C8H4Cl2FNO3/c9-5(8(14)15)6(13)3-1-4(11)7(10)12-2-3/h1-2,5H,(H,14,15). The zero-order chi connectivity index (χ0) is 11.6. The summed E-state index contributed by atoms with van der Waals surface area (Å²) in [6.07, 6.45) is 0.964. The van der Waals surface area contributed by atoms with Crippen molar-refractivity contribution in [3.63, 3.8) is 0 Å². The van der Waals surface area contributed by atoms with Gasteiger partial charge >= 0.3 is 5.97 Å². The van der Waals surface area contributed by atoms with Crippen molar-refractivity contribution in [2.45, 2.75) is 5.38 Å². The van der Waals surface area contributed by atoms with Gasteiger partial charge in [-0.05, 0) is 6.07 Å². The van der Waals surface area contributed by atoms with E-state index < -0.39 is 28.1 Å². The van der Waals surface area contributed by atoms with E-state index in [0.717, 1.165) is 12.3 Å². The molecule has 0 bridgehead atoms. The van der Waals surface area contributed by atoms with Crippen molar-refractivity contribution in [2.75, 3.05) is 0 Å². The number of nitrogens with zero attached hydrogens (tertiary/aromatic N) is 1. The predicted octanol–water partition coefficient (Wildman–Crippen LogP) is 1.75. The van der Waals surface area contributed by atoms with E-state index >= 15 is 0 Å². The Morgan fingerprint density at radius 2 is 2.13 bits per heavy atom. The Kier molecular flexibility index (Phi) is 3.60. The Balaban J connectivity index is 3.02. The Morgan fingerprint density at radius 1 is 1.53 bits per heavy atom. The van der Waals surface area contributed by atoms with Gasteiger partial charge in [-0.3, -0.25) is 9.59 Å². The molecule has 0 saturated carbocycles. The Morgan fingerprint density at radius 3 is 2.60 bits per heavy atom. The summed E-state index contributed by atoms with van der Waals surface area (Å²) in [5, 5.41) is 6.29. The molecule has 7 heteroatoms. The molecule has 0 amide bonds. The van der Waals surface area contributed by atoms with E-state index in [0.29, 0.717) is 0 Å². The number of carbonyl (C=O) groups excluding carboxylic acids is 1. The zero-order valence-electron chi connectivity index (χ0n) is 7.08. The van der Waals surface area contributed by atoms with Crippen LogP contribution in [0.2, 0.25) is 5.15 Å². The summed E-state index contributed by atoms with van der Waals surface area (Å²) in [6, 6.07) is 0.788. The van der Waals surface area contributed by atoms with Crippen molar-refractivity contribution in [2.24, 2.45) is 0 Å². The fourth-order valence-electron chi connectivity index (χ4n) is 0.814. The van der Waals surface area contributed by atoms with Crippen LogP contribution in [0.5, 0.6) is 0 Å². The first-order valence-corrected chi connectivity index (χ1v) is 4.47. The highest BCUT2D eigenvalue weighted by Gasteiger charge is 2.25. The molecule has 1 aromatic heterocycles. The van der Waals surface area contributed by atoms with Gasteiger partial charge in [0.1, 0.15) is 0 Å². The normalized spacial score (nSPS) is 12.2. The lowest BCUT2D eigenvalue weighted by atomic mass is 10.1. The van der Waals surface area contributed by atoms with Crippen LogP contribution in [0.4, 0.5) is 4.39 Å². The second-order valence-electron chi connectivity index (χ2n) is 2.56. The van der Waals surface area contributed by atoms with Gasteiger partial charge in [0.25, 0.3) is 0 Å². The molecule has 0 spiro atoms. The van der Waals surface area contributed by atoms with Gasteiger partial charge in [-0.15, -0.1) is 11.6 Å². The van der Waals surface area contributed by atoms with Crippen molar-refractivity contribution in [1.29, 1.82) is 0 Å². The summed E-state index contributed by atoms with van der Waals surface area (Å²) in [7, 11) is 0. The zero-order valence-corrected chi connectivity index (χ0v) is 8.59. The first-order chi connectivity index (χ1) is 6.93. The SMILES string of the molecule is O=C(O)C(Cl)C(=O)c1cnc(Cl)c(F)c1. The topological polar surface area (TPSA) is 67.3 Å². The van der Waals surface area contributed by atoms with E-state index in [4.69, 9.17) is 28.3 Å². The summed E-state index contributed by atoms with van der Waals surface area (Å²) in [5.74, 6) is -3.35. The van der Waals surface area contributed by atoms with Gasteiger partial charge in [-0.1, -0.05) is 11.6 Å². The first kappa shape index (κ1) is 11.9. The largest absolute Gasteiger partial charge is 0.480 e. The van der Waals surface area contributed by atoms with Gasteiger partial charge in [0.05, 0.1) is 0 Å². The molecule has 0 aliphatic rings. The van der Waals surface area contributed by atoms with Gasteiger partial charge in [-0.2, -0.15) is 0 Å². The second kappa shape index (κ2) is 4.55. The number of alkyl halides is 1. The highest BCUT2D eigenvalue weighted by atomic mass is 35.5. The predicted molar refractivity (Wildman–Crippen MR) is 50.8 cm³/mol. The molecule has 0 fully saturated rings. The maximum Gasteiger partial charge on any atom is 0.329 e. The molecule has 1 rings (SSSR count). The van der Waals surface area contributed by atoms with Crippen LogP contribution in [0.1, 0.15) is 10.4 Å². The van der Waals surface area contributed by atoms with Crippen LogP contribution in [0.3, 0.4) is 0 Å². The Hall–Kier alpha value is -1.20. The number of Topliss-reactive ketones (excluding diaryl/α,β-unsaturated/α-hetero) is 1. The van der Waals surface area contributed by atoms with Gasteiger partial charge in [0.2, 0.25) is 0 Å². The summed E-state index contributed by atoms with van der Waals surface area (Å²) in [4.78, 5) is 25.0. The van der Waals surface area contributed by atoms with E-state index in [9.17, 15) is 14.0 Å². The lowest BCUT2D eigenvalue weighted by Gasteiger charge is -2.03. The highest BCUT2D eigenvalue weighted by molar-refractivity contribution is 6.43. The molecule has 0 aliphatic heterocycles. The smallest absolute Gasteiger partial charge is 0.329 e. The van der Waals surface area contributed by atoms with E-state index in [2.05, 4.69) is 4.98 Å². The number of ketones is 1. The molecule has 1 N–H and O–H groups in total. The third kappa shape index (κ3) is 2.64. The molecule has 80 valence electrons. The number of halogens is 3. The van der Waals surface area contributed by atoms with Gasteiger partial charge < -0.3 is 5.11 Å². The first-order valence-electron chi connectivity index (χ1n) is 3.65. The average molecular weight is 252 g/mol. The average Bonchev–Trinajstić information content (AvgIpc) is 2.19. The van der Waals surface area contributed by atoms with Crippen LogP contribution in [0, 0.1) is 5.82 Å². The summed E-state index contributed by atoms with van der Waals surface area (Å²) >= 11 is 10.5. The number of pyridine rings is 1. The molecule has 1 aromatic rings. The molecule has 1 atom stereocenters. The maximum absolute atomic E-state index is 12.9. The fraction of sp³-hybridized carbons (Fsp3) is 0.125. The van der Waals surface area contributed by atoms with Crippen molar-refractivity contribution >= 4 is 35.0 Å². The molecular weight excluding hydrogens is 248 g/mol. The lowest BCUT2D eigenvalue weighted by Crippen LogP contribution is -2.24. The molecule has 15 heavy (non-hydrogen) atoms. The van der Waals surface area contributed by atoms with Crippen molar-refractivity contribution in [3.8, 4) is 0 Å². The molecule has 0 saturated heterocycles. The number of aliphatic carboxylic acids is 1. The molecule has 0 aromatic carbocycles. The number of hydrogen-bond acceptors (Lipinski definition) is 3. The lowest BCUT2D eigenvalue weighted by molar-refractivity contribution is -0.135. The van der Waals surface area contributed by atoms with Crippen LogP contribution in [0.25, 0.3) is 0 Å². The summed E-state index contributed by atoms with van der Waals surface area (Å²) in [6.45, 7) is 0. The minimum atomic E-state index is -1.76. The van der Waals surface area contributed by atoms with Crippen molar-refractivity contribution in [3.05, 3.63) is 28.8 Å². The Labute approximate surface area is 93.6 Å². The minimum Gasteiger partial charge on any atom is -0.480 e. The molecule has 1 heterocycles. The van der Waals surface area contributed by atoms with Crippen LogP contribution in [-0.2, 0) is 4.79 Å². The van der Waals surface area contributed by atoms with E-state index in [1.807, 2.05) is 0 Å². The van der Waals surface area contributed by atoms with Crippen LogP contribution >= 0.6 is 23.2 Å². The number of aromatic nitrogens is 1. The second-order valence-corrected chi connectivity index (χ2v) is 3.36. The third-order valence-electron chi connectivity index (χ3n) is 1.53. The molecule has 4 nitrogen and oxygen atoms in total. The number of carbonyl (C=O) groups is 2. The van der Waals surface area contributed by atoms with Crippen LogP contribution < -0.4 is 0 Å². The summed E-state index contributed by atoms with van der Waals surface area (Å²) in [5.41, 5.74) is -0.237. The Bertz CT molecular complexity index is 424. The number of carboxylic acids is 1. The monoisotopic (exact) mass is 251 g/mol.